The van der Waals surface area contributed by atoms with Crippen molar-refractivity contribution in [2.45, 2.75) is 19.8 Å². The summed E-state index contributed by atoms with van der Waals surface area (Å²) in [5.74, 6) is 0.115. The Bertz CT molecular complexity index is 145. The molecule has 0 atom stereocenters. The van der Waals surface area contributed by atoms with Crippen molar-refractivity contribution in [3.8, 4) is 0 Å². The Kier molecular flexibility index (Phi) is 11.3. The Labute approximate surface area is 60.8 Å². The highest BCUT2D eigenvalue weighted by molar-refractivity contribution is 7.89. The molecule has 0 heterocycles. The molecule has 0 spiro atoms. The fourth-order valence-electron chi connectivity index (χ4n) is 0.346. The van der Waals surface area contributed by atoms with Gasteiger partial charge in [-0.1, -0.05) is 13.3 Å². The zero-order valence-corrected chi connectivity index (χ0v) is 6.86. The van der Waals surface area contributed by atoms with Crippen LogP contribution in [0.3, 0.4) is 0 Å². The molecule has 0 radical (unpaired) electrons. The van der Waals surface area contributed by atoms with E-state index in [1.165, 1.54) is 0 Å². The summed E-state index contributed by atoms with van der Waals surface area (Å²) >= 11 is 0. The lowest BCUT2D eigenvalue weighted by Crippen LogP contribution is -2.15. The number of rotatable bonds is 3. The molecule has 0 fully saturated rings. The fourth-order valence-corrected chi connectivity index (χ4v) is 1.04. The Morgan fingerprint density at radius 3 is 1.90 bits per heavy atom. The standard InChI is InChI=1S/C4H11NO2S.FH.H3N/c1-2-3-4-8(5,6)7;;/h2-4H2,1H3,(H2,5,6,7);1H;1H3. The summed E-state index contributed by atoms with van der Waals surface area (Å²) in [4.78, 5) is 0. The van der Waals surface area contributed by atoms with Gasteiger partial charge in [0.05, 0.1) is 5.75 Å². The van der Waals surface area contributed by atoms with Crippen LogP contribution in [0.5, 0.6) is 0 Å². The molecule has 0 bridgehead atoms. The van der Waals surface area contributed by atoms with E-state index in [1.807, 2.05) is 6.92 Å². The highest BCUT2D eigenvalue weighted by Gasteiger charge is 1.98. The third kappa shape index (κ3) is 15.7. The van der Waals surface area contributed by atoms with Crippen LogP contribution in [0.4, 0.5) is 4.70 Å². The van der Waals surface area contributed by atoms with Crippen LogP contribution in [0, 0.1) is 0 Å². The normalized spacial score (nSPS) is 9.40. The molecule has 5 N–H and O–H groups in total. The van der Waals surface area contributed by atoms with Gasteiger partial charge in [0.15, 0.2) is 0 Å². The predicted molar refractivity (Wildman–Crippen MR) is 40.4 cm³/mol. The van der Waals surface area contributed by atoms with Gasteiger partial charge in [-0.3, -0.25) is 4.70 Å². The number of nitrogens with two attached hydrogens (primary N) is 1. The highest BCUT2D eigenvalue weighted by Crippen LogP contribution is 1.88. The van der Waals surface area contributed by atoms with E-state index in [-0.39, 0.29) is 16.6 Å². The number of halogens is 1. The molecule has 0 aliphatic heterocycles. The second kappa shape index (κ2) is 6.91. The third-order valence-electron chi connectivity index (χ3n) is 0.782. The van der Waals surface area contributed by atoms with Gasteiger partial charge in [-0.05, 0) is 6.42 Å². The average Bonchev–Trinajstić information content (AvgIpc) is 1.59. The topological polar surface area (TPSA) is 95.2 Å². The quantitative estimate of drug-likeness (QED) is 0.647. The summed E-state index contributed by atoms with van der Waals surface area (Å²) in [6.45, 7) is 1.92. The van der Waals surface area contributed by atoms with E-state index in [4.69, 9.17) is 5.14 Å². The largest absolute Gasteiger partial charge is 0.344 e. The first-order valence-electron chi connectivity index (χ1n) is 2.56. The summed E-state index contributed by atoms with van der Waals surface area (Å²) in [7, 11) is -3.19. The molecule has 10 heavy (non-hydrogen) atoms. The molecule has 0 aromatic rings. The van der Waals surface area contributed by atoms with Crippen molar-refractivity contribution in [3.05, 3.63) is 0 Å². The number of unbranched alkanes of at least 4 members (excludes halogenated alkanes) is 1. The summed E-state index contributed by atoms with van der Waals surface area (Å²) in [6.07, 6.45) is 1.54. The van der Waals surface area contributed by atoms with Crippen molar-refractivity contribution in [1.29, 1.82) is 0 Å². The number of hydrogen-bond donors (Lipinski definition) is 2. The number of hydrogen-bond acceptors (Lipinski definition) is 3. The van der Waals surface area contributed by atoms with Gasteiger partial charge >= 0.3 is 0 Å². The van der Waals surface area contributed by atoms with Crippen molar-refractivity contribution < 1.29 is 13.1 Å². The van der Waals surface area contributed by atoms with Crippen LogP contribution >= 0.6 is 0 Å². The van der Waals surface area contributed by atoms with Crippen LogP contribution in [0.2, 0.25) is 0 Å². The fraction of sp³-hybridized carbons (Fsp3) is 1.00. The van der Waals surface area contributed by atoms with E-state index in [2.05, 4.69) is 0 Å². The summed E-state index contributed by atoms with van der Waals surface area (Å²) in [6, 6.07) is 0. The average molecular weight is 174 g/mol. The van der Waals surface area contributed by atoms with Gasteiger partial charge in [-0.2, -0.15) is 0 Å². The first-order valence-corrected chi connectivity index (χ1v) is 4.28. The van der Waals surface area contributed by atoms with Crippen LogP contribution in [-0.2, 0) is 10.0 Å². The Morgan fingerprint density at radius 1 is 1.40 bits per heavy atom. The Balaban J connectivity index is -0.000000245. The van der Waals surface area contributed by atoms with Gasteiger partial charge in [-0.15, -0.1) is 0 Å². The van der Waals surface area contributed by atoms with Gasteiger partial charge in [0.2, 0.25) is 10.0 Å². The summed E-state index contributed by atoms with van der Waals surface area (Å²) in [5.41, 5.74) is 0. The zero-order valence-electron chi connectivity index (χ0n) is 6.04. The monoisotopic (exact) mass is 174 g/mol. The molecular weight excluding hydrogens is 159 g/mol. The lowest BCUT2D eigenvalue weighted by atomic mass is 10.4. The molecule has 0 unspecified atom stereocenters. The van der Waals surface area contributed by atoms with Crippen molar-refractivity contribution in [3.63, 3.8) is 0 Å². The molecule has 0 saturated carbocycles. The molecule has 0 aromatic heterocycles. The molecule has 0 rings (SSSR count). The maximum atomic E-state index is 10.2. The minimum absolute atomic E-state index is 0. The minimum Gasteiger partial charge on any atom is -0.344 e. The molecule has 0 saturated heterocycles. The van der Waals surface area contributed by atoms with E-state index < -0.39 is 10.0 Å². The van der Waals surface area contributed by atoms with Crippen molar-refractivity contribution in [2.24, 2.45) is 5.14 Å². The highest BCUT2D eigenvalue weighted by atomic mass is 32.2. The Morgan fingerprint density at radius 2 is 1.80 bits per heavy atom. The molecule has 0 aliphatic rings. The SMILES string of the molecule is CCCCS(N)(=O)=O.F.N. The van der Waals surface area contributed by atoms with Gasteiger partial charge in [0.25, 0.3) is 0 Å². The van der Waals surface area contributed by atoms with E-state index in [0.717, 1.165) is 6.42 Å². The van der Waals surface area contributed by atoms with E-state index in [1.54, 1.807) is 0 Å². The van der Waals surface area contributed by atoms with E-state index in [9.17, 15) is 8.42 Å². The molecule has 4 nitrogen and oxygen atoms in total. The van der Waals surface area contributed by atoms with Crippen LogP contribution in [0.15, 0.2) is 0 Å². The molecular formula is C4H15FN2O2S. The number of primary sulfonamides is 1. The number of sulfonamides is 1. The predicted octanol–water partition coefficient (Wildman–Crippen LogP) is 0.390. The van der Waals surface area contributed by atoms with Crippen molar-refractivity contribution in [1.82, 2.24) is 6.15 Å². The zero-order chi connectivity index (χ0) is 6.62. The van der Waals surface area contributed by atoms with Crippen LogP contribution in [-0.4, -0.2) is 14.2 Å². The smallest absolute Gasteiger partial charge is 0.209 e. The lowest BCUT2D eigenvalue weighted by Gasteiger charge is -1.91. The van der Waals surface area contributed by atoms with Gasteiger partial charge in [0, 0.05) is 0 Å². The second-order valence-electron chi connectivity index (χ2n) is 1.72. The molecule has 66 valence electrons. The third-order valence-corrected chi connectivity index (χ3v) is 1.64. The van der Waals surface area contributed by atoms with Crippen molar-refractivity contribution >= 4 is 10.0 Å². The van der Waals surface area contributed by atoms with Crippen molar-refractivity contribution in [2.75, 3.05) is 5.75 Å². The first kappa shape index (κ1) is 16.4. The molecule has 0 aliphatic carbocycles. The minimum atomic E-state index is -3.19. The lowest BCUT2D eigenvalue weighted by molar-refractivity contribution is 0.594. The summed E-state index contributed by atoms with van der Waals surface area (Å²) in [5, 5.41) is 4.69. The van der Waals surface area contributed by atoms with Crippen LogP contribution in [0.25, 0.3) is 0 Å². The van der Waals surface area contributed by atoms with Crippen LogP contribution in [0.1, 0.15) is 19.8 Å². The molecule has 0 amide bonds. The van der Waals surface area contributed by atoms with E-state index >= 15 is 0 Å². The molecule has 6 heteroatoms. The van der Waals surface area contributed by atoms with E-state index in [0.29, 0.717) is 6.42 Å². The second-order valence-corrected chi connectivity index (χ2v) is 3.45. The first-order chi connectivity index (χ1) is 3.56. The summed E-state index contributed by atoms with van der Waals surface area (Å²) < 4.78 is 20.3. The maximum absolute atomic E-state index is 10.2. The van der Waals surface area contributed by atoms with Gasteiger partial charge < -0.3 is 6.15 Å². The Hall–Kier alpha value is -0.200. The molecule has 0 aromatic carbocycles. The maximum Gasteiger partial charge on any atom is 0.209 e. The van der Waals surface area contributed by atoms with Gasteiger partial charge in [-0.25, -0.2) is 13.6 Å². The van der Waals surface area contributed by atoms with Gasteiger partial charge in [0.1, 0.15) is 0 Å². The van der Waals surface area contributed by atoms with Crippen LogP contribution < -0.4 is 11.3 Å².